The molecule has 0 bridgehead atoms. The van der Waals surface area contributed by atoms with Crippen molar-refractivity contribution in [3.8, 4) is 17.9 Å². The predicted octanol–water partition coefficient (Wildman–Crippen LogP) is 1.80. The Hall–Kier alpha value is -1.78. The third kappa shape index (κ3) is 2.62. The highest BCUT2D eigenvalue weighted by Crippen LogP contribution is 2.16. The van der Waals surface area contributed by atoms with Gasteiger partial charge in [0, 0.05) is 5.92 Å². The van der Waals surface area contributed by atoms with Crippen molar-refractivity contribution in [2.45, 2.75) is 6.92 Å². The number of ether oxygens (including phenoxy) is 1. The fraction of sp³-hybridized carbons (Fsp3) is 0.200. The Kier molecular flexibility index (Phi) is 3.72. The van der Waals surface area contributed by atoms with Crippen LogP contribution in [0.1, 0.15) is 21.5 Å². The smallest absolute Gasteiger partial charge is 0.348 e. The summed E-state index contributed by atoms with van der Waals surface area (Å²) in [6, 6.07) is 5.05. The van der Waals surface area contributed by atoms with Gasteiger partial charge in [-0.25, -0.2) is 4.79 Å². The summed E-state index contributed by atoms with van der Waals surface area (Å²) in [7, 11) is 0. The number of hydrogen-bond donors (Lipinski definition) is 0. The Morgan fingerprint density at radius 1 is 1.64 bits per heavy atom. The van der Waals surface area contributed by atoms with Crippen molar-refractivity contribution < 1.29 is 9.53 Å². The molecule has 0 radical (unpaired) electrons. The Morgan fingerprint density at radius 2 is 2.43 bits per heavy atom. The number of thiophene rings is 1. The maximum Gasteiger partial charge on any atom is 0.348 e. The molecule has 4 heteroatoms. The van der Waals surface area contributed by atoms with Crippen molar-refractivity contribution in [2.24, 2.45) is 0 Å². The molecule has 0 aliphatic carbocycles. The molecule has 0 aromatic carbocycles. The molecular formula is C10H7NO2S. The molecule has 1 aromatic rings. The van der Waals surface area contributed by atoms with Crippen molar-refractivity contribution in [1.29, 1.82) is 5.26 Å². The number of carbonyl (C=O) groups is 1. The molecule has 3 nitrogen and oxygen atoms in total. The maximum atomic E-state index is 11.2. The van der Waals surface area contributed by atoms with Gasteiger partial charge in [0.25, 0.3) is 0 Å². The summed E-state index contributed by atoms with van der Waals surface area (Å²) in [5.74, 6) is 4.53. The normalized spacial score (nSPS) is 8.29. The molecule has 0 aliphatic heterocycles. The summed E-state index contributed by atoms with van der Waals surface area (Å²) in [6.45, 7) is 2.11. The van der Waals surface area contributed by atoms with Crippen molar-refractivity contribution in [2.75, 3.05) is 6.61 Å². The van der Waals surface area contributed by atoms with Crippen molar-refractivity contribution in [1.82, 2.24) is 0 Å². The van der Waals surface area contributed by atoms with Crippen LogP contribution < -0.4 is 0 Å². The minimum absolute atomic E-state index is 0.345. The highest BCUT2D eigenvalue weighted by molar-refractivity contribution is 7.14. The molecule has 1 rings (SSSR count). The molecule has 0 saturated carbocycles. The Morgan fingerprint density at radius 3 is 3.07 bits per heavy atom. The van der Waals surface area contributed by atoms with Crippen LogP contribution in [0.5, 0.6) is 0 Å². The second-order valence-corrected chi connectivity index (χ2v) is 3.33. The number of nitriles is 1. The van der Waals surface area contributed by atoms with E-state index in [1.807, 2.05) is 0 Å². The molecular weight excluding hydrogens is 198 g/mol. The first kappa shape index (κ1) is 10.3. The standard InChI is InChI=1S/C10H7NO2S/c1-2-13-10(12)9-6-5-8(14-9)4-3-7-11/h5-6H,2H2,1H3. The van der Waals surface area contributed by atoms with Gasteiger partial charge in [0.15, 0.2) is 6.07 Å². The van der Waals surface area contributed by atoms with Gasteiger partial charge in [0.1, 0.15) is 4.88 Å². The SMILES string of the molecule is CCOC(=O)c1ccc(C#CC#N)s1. The number of rotatable bonds is 2. The number of esters is 1. The second-order valence-electron chi connectivity index (χ2n) is 2.25. The summed E-state index contributed by atoms with van der Waals surface area (Å²) in [6.07, 6.45) is 0. The average molecular weight is 205 g/mol. The topological polar surface area (TPSA) is 50.1 Å². The van der Waals surface area contributed by atoms with Crippen LogP contribution >= 0.6 is 11.3 Å². The van der Waals surface area contributed by atoms with Crippen LogP contribution in [0.4, 0.5) is 0 Å². The second kappa shape index (κ2) is 5.06. The lowest BCUT2D eigenvalue weighted by Gasteiger charge is -1.95. The zero-order chi connectivity index (χ0) is 10.4. The van der Waals surface area contributed by atoms with E-state index in [0.29, 0.717) is 16.4 Å². The number of nitrogens with zero attached hydrogens (tertiary/aromatic N) is 1. The molecule has 0 N–H and O–H groups in total. The van der Waals surface area contributed by atoms with E-state index in [9.17, 15) is 4.79 Å². The third-order valence-corrected chi connectivity index (χ3v) is 2.30. The van der Waals surface area contributed by atoms with Crippen molar-refractivity contribution in [3.05, 3.63) is 21.9 Å². The van der Waals surface area contributed by atoms with E-state index in [1.165, 1.54) is 11.3 Å². The van der Waals surface area contributed by atoms with E-state index in [0.717, 1.165) is 0 Å². The lowest BCUT2D eigenvalue weighted by atomic mass is 10.4. The van der Waals surface area contributed by atoms with E-state index in [-0.39, 0.29) is 5.97 Å². The molecule has 1 heterocycles. The van der Waals surface area contributed by atoms with E-state index in [1.54, 1.807) is 25.1 Å². The van der Waals surface area contributed by atoms with Gasteiger partial charge in [-0.15, -0.1) is 11.3 Å². The Balaban J connectivity index is 2.79. The monoisotopic (exact) mass is 205 g/mol. The predicted molar refractivity (Wildman–Crippen MR) is 52.8 cm³/mol. The lowest BCUT2D eigenvalue weighted by molar-refractivity contribution is 0.0532. The lowest BCUT2D eigenvalue weighted by Crippen LogP contribution is -2.01. The largest absolute Gasteiger partial charge is 0.462 e. The van der Waals surface area contributed by atoms with Gasteiger partial charge in [-0.2, -0.15) is 5.26 Å². The van der Waals surface area contributed by atoms with Gasteiger partial charge in [-0.05, 0) is 25.0 Å². The fourth-order valence-corrected chi connectivity index (χ4v) is 1.56. The van der Waals surface area contributed by atoms with Crippen LogP contribution in [-0.2, 0) is 4.74 Å². The molecule has 0 unspecified atom stereocenters. The summed E-state index contributed by atoms with van der Waals surface area (Å²) in [5, 5.41) is 8.22. The molecule has 70 valence electrons. The van der Waals surface area contributed by atoms with E-state index >= 15 is 0 Å². The summed E-state index contributed by atoms with van der Waals surface area (Å²) in [4.78, 5) is 12.4. The molecule has 0 amide bonds. The van der Waals surface area contributed by atoms with Crippen molar-refractivity contribution >= 4 is 17.3 Å². The molecule has 1 aromatic heterocycles. The molecule has 0 spiro atoms. The highest BCUT2D eigenvalue weighted by Gasteiger charge is 2.08. The minimum atomic E-state index is -0.345. The van der Waals surface area contributed by atoms with Crippen LogP contribution in [-0.4, -0.2) is 12.6 Å². The molecule has 14 heavy (non-hydrogen) atoms. The summed E-state index contributed by atoms with van der Waals surface area (Å²) < 4.78 is 4.80. The average Bonchev–Trinajstić information content (AvgIpc) is 2.63. The quantitative estimate of drug-likeness (QED) is 0.546. The number of carbonyl (C=O) groups excluding carboxylic acids is 1. The molecule has 0 aliphatic rings. The van der Waals surface area contributed by atoms with Gasteiger partial charge in [-0.1, -0.05) is 0 Å². The van der Waals surface area contributed by atoms with Crippen LogP contribution in [0.25, 0.3) is 0 Å². The Labute approximate surface area is 85.9 Å². The van der Waals surface area contributed by atoms with Gasteiger partial charge in [0.2, 0.25) is 0 Å². The minimum Gasteiger partial charge on any atom is -0.462 e. The zero-order valence-electron chi connectivity index (χ0n) is 7.53. The van der Waals surface area contributed by atoms with Gasteiger partial charge < -0.3 is 4.74 Å². The van der Waals surface area contributed by atoms with Crippen LogP contribution in [0.3, 0.4) is 0 Å². The first-order chi connectivity index (χ1) is 6.77. The molecule has 0 atom stereocenters. The van der Waals surface area contributed by atoms with Gasteiger partial charge in [-0.3, -0.25) is 0 Å². The number of hydrogen-bond acceptors (Lipinski definition) is 4. The van der Waals surface area contributed by atoms with Gasteiger partial charge in [0.05, 0.1) is 11.5 Å². The summed E-state index contributed by atoms with van der Waals surface area (Å²) >= 11 is 1.22. The molecule has 0 fully saturated rings. The Bertz CT molecular complexity index is 431. The van der Waals surface area contributed by atoms with Crippen LogP contribution in [0.2, 0.25) is 0 Å². The van der Waals surface area contributed by atoms with Crippen molar-refractivity contribution in [3.63, 3.8) is 0 Å². The van der Waals surface area contributed by atoms with Crippen LogP contribution in [0, 0.1) is 23.2 Å². The summed E-state index contributed by atoms with van der Waals surface area (Å²) in [5.41, 5.74) is 0. The van der Waals surface area contributed by atoms with E-state index in [4.69, 9.17) is 10.00 Å². The van der Waals surface area contributed by atoms with E-state index in [2.05, 4.69) is 11.8 Å². The first-order valence-corrected chi connectivity index (χ1v) is 4.76. The van der Waals surface area contributed by atoms with E-state index < -0.39 is 0 Å². The highest BCUT2D eigenvalue weighted by atomic mass is 32.1. The van der Waals surface area contributed by atoms with Gasteiger partial charge >= 0.3 is 5.97 Å². The first-order valence-electron chi connectivity index (χ1n) is 3.95. The van der Waals surface area contributed by atoms with Crippen LogP contribution in [0.15, 0.2) is 12.1 Å². The zero-order valence-corrected chi connectivity index (χ0v) is 8.35. The molecule has 0 saturated heterocycles. The third-order valence-electron chi connectivity index (χ3n) is 1.32. The fourth-order valence-electron chi connectivity index (χ4n) is 0.807. The maximum absolute atomic E-state index is 11.2.